The maximum atomic E-state index is 5.47. The summed E-state index contributed by atoms with van der Waals surface area (Å²) in [5.74, 6) is 1.42. The van der Waals surface area contributed by atoms with Crippen molar-refractivity contribution in [3.05, 3.63) is 55.0 Å². The molecule has 2 N–H and O–H groups in total. The molecule has 3 aromatic heterocycles. The number of nitrogens with one attached hydrogen (secondary N) is 2. The number of benzene rings is 1. The minimum Gasteiger partial charge on any atom is -0.378 e. The number of fused-ring (bicyclic) bond motifs is 1. The summed E-state index contributed by atoms with van der Waals surface area (Å²) < 4.78 is 5.47. The molecule has 8 nitrogen and oxygen atoms in total. The highest BCUT2D eigenvalue weighted by atomic mass is 16.5. The van der Waals surface area contributed by atoms with Crippen LogP contribution >= 0.6 is 0 Å². The van der Waals surface area contributed by atoms with Crippen LogP contribution in [0.3, 0.4) is 0 Å². The fourth-order valence-corrected chi connectivity index (χ4v) is 3.23. The van der Waals surface area contributed by atoms with Gasteiger partial charge in [0.05, 0.1) is 42.5 Å². The standard InChI is InChI=1S/C20H19N7O/c1-2-16(13-21-5-1)23-19-11-17(14-3-4-15-12-22-26-18(15)10-14)24-20(25-19)27-6-8-28-9-7-27/h1-5,10-13H,6-9H2,(H,22,26)(H,23,24,25). The first-order valence-electron chi connectivity index (χ1n) is 9.17. The van der Waals surface area contributed by atoms with Gasteiger partial charge in [-0.1, -0.05) is 12.1 Å². The summed E-state index contributed by atoms with van der Waals surface area (Å²) in [6.45, 7) is 2.91. The van der Waals surface area contributed by atoms with Crippen LogP contribution in [-0.2, 0) is 4.74 Å². The molecule has 0 aliphatic carbocycles. The van der Waals surface area contributed by atoms with E-state index < -0.39 is 0 Å². The second-order valence-corrected chi connectivity index (χ2v) is 6.58. The highest BCUT2D eigenvalue weighted by Crippen LogP contribution is 2.27. The Balaban J connectivity index is 1.57. The van der Waals surface area contributed by atoms with Gasteiger partial charge in [0.15, 0.2) is 0 Å². The third-order valence-electron chi connectivity index (χ3n) is 4.68. The van der Waals surface area contributed by atoms with Crippen LogP contribution in [0.15, 0.2) is 55.0 Å². The van der Waals surface area contributed by atoms with Crippen molar-refractivity contribution in [2.45, 2.75) is 0 Å². The Hall–Kier alpha value is -3.52. The van der Waals surface area contributed by atoms with E-state index in [1.165, 1.54) is 0 Å². The van der Waals surface area contributed by atoms with Gasteiger partial charge >= 0.3 is 0 Å². The largest absolute Gasteiger partial charge is 0.378 e. The normalized spacial score (nSPS) is 14.4. The molecule has 0 unspecified atom stereocenters. The fraction of sp³-hybridized carbons (Fsp3) is 0.200. The topological polar surface area (TPSA) is 91.9 Å². The van der Waals surface area contributed by atoms with Crippen LogP contribution in [0, 0.1) is 0 Å². The van der Waals surface area contributed by atoms with Crippen molar-refractivity contribution in [1.29, 1.82) is 0 Å². The molecule has 0 amide bonds. The van der Waals surface area contributed by atoms with Crippen molar-refractivity contribution >= 4 is 28.4 Å². The molecule has 1 saturated heterocycles. The maximum absolute atomic E-state index is 5.47. The zero-order valence-corrected chi connectivity index (χ0v) is 15.2. The first kappa shape index (κ1) is 16.6. The Kier molecular flexibility index (Phi) is 4.30. The number of hydrogen-bond donors (Lipinski definition) is 2. The van der Waals surface area contributed by atoms with Crippen molar-refractivity contribution in [2.24, 2.45) is 0 Å². The summed E-state index contributed by atoms with van der Waals surface area (Å²) in [5.41, 5.74) is 3.71. The van der Waals surface area contributed by atoms with Crippen molar-refractivity contribution in [1.82, 2.24) is 25.1 Å². The van der Waals surface area contributed by atoms with Crippen LogP contribution in [-0.4, -0.2) is 51.5 Å². The first-order valence-corrected chi connectivity index (χ1v) is 9.17. The van der Waals surface area contributed by atoms with E-state index in [-0.39, 0.29) is 0 Å². The zero-order valence-electron chi connectivity index (χ0n) is 15.2. The molecule has 28 heavy (non-hydrogen) atoms. The van der Waals surface area contributed by atoms with E-state index >= 15 is 0 Å². The lowest BCUT2D eigenvalue weighted by atomic mass is 10.1. The minimum atomic E-state index is 0.680. The van der Waals surface area contributed by atoms with Crippen LogP contribution in [0.4, 0.5) is 17.5 Å². The predicted octanol–water partition coefficient (Wildman–Crippen LogP) is 3.00. The third-order valence-corrected chi connectivity index (χ3v) is 4.68. The molecule has 0 bridgehead atoms. The van der Waals surface area contributed by atoms with E-state index in [2.05, 4.69) is 37.5 Å². The predicted molar refractivity (Wildman–Crippen MR) is 108 cm³/mol. The number of ether oxygens (including phenoxy) is 1. The number of aromatic amines is 1. The van der Waals surface area contributed by atoms with Crippen molar-refractivity contribution < 1.29 is 4.74 Å². The van der Waals surface area contributed by atoms with Crippen molar-refractivity contribution in [3.63, 3.8) is 0 Å². The van der Waals surface area contributed by atoms with Gasteiger partial charge in [-0.05, 0) is 18.2 Å². The average molecular weight is 373 g/mol. The summed E-state index contributed by atoms with van der Waals surface area (Å²) in [7, 11) is 0. The van der Waals surface area contributed by atoms with Crippen LogP contribution in [0.5, 0.6) is 0 Å². The zero-order chi connectivity index (χ0) is 18.8. The lowest BCUT2D eigenvalue weighted by Gasteiger charge is -2.27. The van der Waals surface area contributed by atoms with Crippen LogP contribution in [0.25, 0.3) is 22.2 Å². The number of morpholine rings is 1. The molecule has 0 radical (unpaired) electrons. The Bertz CT molecular complexity index is 1090. The van der Waals surface area contributed by atoms with E-state index in [0.717, 1.165) is 46.8 Å². The summed E-state index contributed by atoms with van der Waals surface area (Å²) in [4.78, 5) is 15.9. The Morgan fingerprint density at radius 1 is 1.04 bits per heavy atom. The fourth-order valence-electron chi connectivity index (χ4n) is 3.23. The van der Waals surface area contributed by atoms with Gasteiger partial charge in [-0.3, -0.25) is 10.1 Å². The van der Waals surface area contributed by atoms with Crippen LogP contribution in [0.2, 0.25) is 0 Å². The van der Waals surface area contributed by atoms with E-state index in [1.807, 2.05) is 30.5 Å². The molecule has 8 heteroatoms. The molecule has 1 aromatic carbocycles. The lowest BCUT2D eigenvalue weighted by molar-refractivity contribution is 0.122. The number of aromatic nitrogens is 5. The Morgan fingerprint density at radius 2 is 1.96 bits per heavy atom. The molecule has 5 rings (SSSR count). The summed E-state index contributed by atoms with van der Waals surface area (Å²) >= 11 is 0. The number of anilines is 3. The molecule has 1 aliphatic rings. The van der Waals surface area contributed by atoms with Gasteiger partial charge in [0.25, 0.3) is 0 Å². The van der Waals surface area contributed by atoms with Crippen LogP contribution in [0.1, 0.15) is 0 Å². The van der Waals surface area contributed by atoms with Gasteiger partial charge < -0.3 is 15.0 Å². The van der Waals surface area contributed by atoms with E-state index in [9.17, 15) is 0 Å². The van der Waals surface area contributed by atoms with Gasteiger partial charge in [0, 0.05) is 36.3 Å². The van der Waals surface area contributed by atoms with Gasteiger partial charge in [0.1, 0.15) is 5.82 Å². The van der Waals surface area contributed by atoms with Gasteiger partial charge in [-0.15, -0.1) is 0 Å². The van der Waals surface area contributed by atoms with Crippen LogP contribution < -0.4 is 10.2 Å². The second-order valence-electron chi connectivity index (χ2n) is 6.58. The highest BCUT2D eigenvalue weighted by molar-refractivity contribution is 5.83. The van der Waals surface area contributed by atoms with Gasteiger partial charge in [-0.2, -0.15) is 10.1 Å². The Labute approximate surface area is 161 Å². The van der Waals surface area contributed by atoms with Crippen molar-refractivity contribution in [3.8, 4) is 11.3 Å². The molecule has 1 fully saturated rings. The smallest absolute Gasteiger partial charge is 0.228 e. The van der Waals surface area contributed by atoms with E-state index in [0.29, 0.717) is 19.2 Å². The summed E-state index contributed by atoms with van der Waals surface area (Å²) in [5, 5.41) is 11.5. The number of rotatable bonds is 4. The molecular formula is C20H19N7O. The maximum Gasteiger partial charge on any atom is 0.228 e. The first-order chi connectivity index (χ1) is 13.8. The molecule has 0 saturated carbocycles. The number of H-pyrrole nitrogens is 1. The van der Waals surface area contributed by atoms with Gasteiger partial charge in [0.2, 0.25) is 5.95 Å². The minimum absolute atomic E-state index is 0.680. The molecule has 1 aliphatic heterocycles. The molecule has 0 spiro atoms. The number of nitrogens with zero attached hydrogens (tertiary/aromatic N) is 5. The molecular weight excluding hydrogens is 354 g/mol. The molecule has 4 heterocycles. The quantitative estimate of drug-likeness (QED) is 0.568. The monoisotopic (exact) mass is 373 g/mol. The lowest BCUT2D eigenvalue weighted by Crippen LogP contribution is -2.37. The molecule has 0 atom stereocenters. The summed E-state index contributed by atoms with van der Waals surface area (Å²) in [6, 6.07) is 11.9. The number of hydrogen-bond acceptors (Lipinski definition) is 7. The van der Waals surface area contributed by atoms with Crippen molar-refractivity contribution in [2.75, 3.05) is 36.5 Å². The molecule has 4 aromatic rings. The Morgan fingerprint density at radius 3 is 2.82 bits per heavy atom. The number of pyridine rings is 1. The van der Waals surface area contributed by atoms with E-state index in [4.69, 9.17) is 14.7 Å². The van der Waals surface area contributed by atoms with E-state index in [1.54, 1.807) is 12.4 Å². The third kappa shape index (κ3) is 3.37. The second kappa shape index (κ2) is 7.24. The molecule has 140 valence electrons. The van der Waals surface area contributed by atoms with Gasteiger partial charge in [-0.25, -0.2) is 4.98 Å². The SMILES string of the molecule is c1cncc(Nc2cc(-c3ccc4cn[nH]c4c3)nc(N3CCOCC3)n2)c1. The summed E-state index contributed by atoms with van der Waals surface area (Å²) in [6.07, 6.45) is 5.33. The average Bonchev–Trinajstić information content (AvgIpc) is 3.23. The highest BCUT2D eigenvalue weighted by Gasteiger charge is 2.17.